The third-order valence-corrected chi connectivity index (χ3v) is 3.05. The van der Waals surface area contributed by atoms with Gasteiger partial charge in [0.25, 0.3) is 0 Å². The molecule has 1 aromatic heterocycles. The summed E-state index contributed by atoms with van der Waals surface area (Å²) in [6, 6.07) is 1.75. The largest absolute Gasteiger partial charge is 0.481 e. The van der Waals surface area contributed by atoms with Crippen LogP contribution in [0.2, 0.25) is 0 Å². The van der Waals surface area contributed by atoms with Crippen LogP contribution in [0.5, 0.6) is 0 Å². The van der Waals surface area contributed by atoms with E-state index in [1.54, 1.807) is 25.4 Å². The Morgan fingerprint density at radius 1 is 1.50 bits per heavy atom. The summed E-state index contributed by atoms with van der Waals surface area (Å²) in [6.07, 6.45) is 4.93. The molecule has 0 spiro atoms. The lowest BCUT2D eigenvalue weighted by Gasteiger charge is -2.37. The number of rotatable bonds is 2. The molecule has 1 aliphatic heterocycles. The lowest BCUT2D eigenvalue weighted by atomic mass is 9.82. The molecule has 0 bridgehead atoms. The predicted molar refractivity (Wildman–Crippen MR) is 59.2 cm³/mol. The number of aliphatic carboxylic acids is 1. The van der Waals surface area contributed by atoms with Crippen molar-refractivity contribution < 1.29 is 9.90 Å². The first-order chi connectivity index (χ1) is 7.62. The van der Waals surface area contributed by atoms with Crippen LogP contribution >= 0.6 is 0 Å². The third-order valence-electron chi connectivity index (χ3n) is 3.05. The Kier molecular flexibility index (Phi) is 2.77. The summed E-state index contributed by atoms with van der Waals surface area (Å²) < 4.78 is 0. The van der Waals surface area contributed by atoms with Crippen LogP contribution < -0.4 is 4.90 Å². The molecular formula is C11H15N3O2. The molecule has 5 heteroatoms. The smallest absolute Gasteiger partial charge is 0.311 e. The molecule has 0 saturated carbocycles. The molecule has 2 rings (SSSR count). The summed E-state index contributed by atoms with van der Waals surface area (Å²) in [7, 11) is 0. The van der Waals surface area contributed by atoms with Crippen molar-refractivity contribution in [3.63, 3.8) is 0 Å². The highest BCUT2D eigenvalue weighted by molar-refractivity contribution is 5.75. The number of carbonyl (C=O) groups is 1. The van der Waals surface area contributed by atoms with Gasteiger partial charge in [0.05, 0.1) is 5.41 Å². The maximum absolute atomic E-state index is 11.2. The molecule has 16 heavy (non-hydrogen) atoms. The average molecular weight is 221 g/mol. The fourth-order valence-corrected chi connectivity index (χ4v) is 2.04. The van der Waals surface area contributed by atoms with Crippen LogP contribution in [-0.2, 0) is 4.79 Å². The summed E-state index contributed by atoms with van der Waals surface area (Å²) in [4.78, 5) is 21.4. The number of carboxylic acids is 1. The van der Waals surface area contributed by atoms with Gasteiger partial charge in [-0.15, -0.1) is 0 Å². The van der Waals surface area contributed by atoms with E-state index < -0.39 is 11.4 Å². The second-order valence-electron chi connectivity index (χ2n) is 4.44. The molecule has 0 aromatic carbocycles. The van der Waals surface area contributed by atoms with E-state index in [1.807, 2.05) is 4.90 Å². The van der Waals surface area contributed by atoms with Crippen molar-refractivity contribution in [2.75, 3.05) is 18.0 Å². The first kappa shape index (κ1) is 10.9. The maximum atomic E-state index is 11.2. The van der Waals surface area contributed by atoms with Gasteiger partial charge in [0, 0.05) is 25.5 Å². The highest BCUT2D eigenvalue weighted by atomic mass is 16.4. The molecule has 1 N–H and O–H groups in total. The van der Waals surface area contributed by atoms with Crippen LogP contribution in [0.1, 0.15) is 19.8 Å². The molecule has 1 unspecified atom stereocenters. The molecule has 1 aliphatic rings. The molecule has 1 atom stereocenters. The van der Waals surface area contributed by atoms with Crippen LogP contribution in [-0.4, -0.2) is 34.1 Å². The zero-order chi connectivity index (χ0) is 11.6. The van der Waals surface area contributed by atoms with Crippen LogP contribution in [0, 0.1) is 5.41 Å². The fraction of sp³-hybridized carbons (Fsp3) is 0.545. The van der Waals surface area contributed by atoms with Gasteiger partial charge >= 0.3 is 5.97 Å². The SMILES string of the molecule is CC1(C(=O)O)CCCN(c2ncccn2)C1. The van der Waals surface area contributed by atoms with Gasteiger partial charge in [-0.1, -0.05) is 0 Å². The maximum Gasteiger partial charge on any atom is 0.311 e. The van der Waals surface area contributed by atoms with Crippen molar-refractivity contribution in [3.8, 4) is 0 Å². The molecule has 0 radical (unpaired) electrons. The van der Waals surface area contributed by atoms with E-state index in [0.29, 0.717) is 18.9 Å². The van der Waals surface area contributed by atoms with Gasteiger partial charge in [-0.25, -0.2) is 9.97 Å². The molecular weight excluding hydrogens is 206 g/mol. The highest BCUT2D eigenvalue weighted by Gasteiger charge is 2.38. The van der Waals surface area contributed by atoms with Crippen LogP contribution in [0.4, 0.5) is 5.95 Å². The third kappa shape index (κ3) is 1.98. The van der Waals surface area contributed by atoms with Gasteiger partial charge in [0.2, 0.25) is 5.95 Å². The number of hydrogen-bond acceptors (Lipinski definition) is 4. The lowest BCUT2D eigenvalue weighted by molar-refractivity contribution is -0.148. The fourth-order valence-electron chi connectivity index (χ4n) is 2.04. The van der Waals surface area contributed by atoms with E-state index in [9.17, 15) is 9.90 Å². The summed E-state index contributed by atoms with van der Waals surface area (Å²) in [5.41, 5.74) is -0.683. The van der Waals surface area contributed by atoms with Gasteiger partial charge in [0.1, 0.15) is 0 Å². The Hall–Kier alpha value is -1.65. The van der Waals surface area contributed by atoms with E-state index in [2.05, 4.69) is 9.97 Å². The standard InChI is InChI=1S/C11H15N3O2/c1-11(9(15)16)4-2-7-14(8-11)10-12-5-3-6-13-10/h3,5-6H,2,4,7-8H2,1H3,(H,15,16). The minimum atomic E-state index is -0.742. The number of carboxylic acid groups (broad SMARTS) is 1. The molecule has 1 aromatic rings. The molecule has 86 valence electrons. The van der Waals surface area contributed by atoms with Crippen molar-refractivity contribution in [1.29, 1.82) is 0 Å². The minimum absolute atomic E-state index is 0.479. The topological polar surface area (TPSA) is 66.3 Å². The predicted octanol–water partition coefficient (Wildman–Crippen LogP) is 1.17. The van der Waals surface area contributed by atoms with E-state index in [-0.39, 0.29) is 0 Å². The van der Waals surface area contributed by atoms with Crippen molar-refractivity contribution in [2.45, 2.75) is 19.8 Å². The first-order valence-electron chi connectivity index (χ1n) is 5.37. The highest BCUT2D eigenvalue weighted by Crippen LogP contribution is 2.30. The Morgan fingerprint density at radius 2 is 2.19 bits per heavy atom. The number of aromatic nitrogens is 2. The molecule has 2 heterocycles. The van der Waals surface area contributed by atoms with Gasteiger partial charge in [-0.3, -0.25) is 4.79 Å². The zero-order valence-electron chi connectivity index (χ0n) is 9.26. The quantitative estimate of drug-likeness (QED) is 0.812. The normalized spacial score (nSPS) is 25.4. The Morgan fingerprint density at radius 3 is 2.81 bits per heavy atom. The van der Waals surface area contributed by atoms with Crippen LogP contribution in [0.15, 0.2) is 18.5 Å². The van der Waals surface area contributed by atoms with Crippen LogP contribution in [0.3, 0.4) is 0 Å². The van der Waals surface area contributed by atoms with Gasteiger partial charge in [-0.2, -0.15) is 0 Å². The van der Waals surface area contributed by atoms with Gasteiger partial charge in [-0.05, 0) is 25.8 Å². The number of piperidine rings is 1. The molecule has 1 saturated heterocycles. The lowest BCUT2D eigenvalue weighted by Crippen LogP contribution is -2.46. The molecule has 0 aliphatic carbocycles. The van der Waals surface area contributed by atoms with Gasteiger partial charge in [0.15, 0.2) is 0 Å². The van der Waals surface area contributed by atoms with E-state index in [4.69, 9.17) is 0 Å². The van der Waals surface area contributed by atoms with Crippen molar-refractivity contribution in [1.82, 2.24) is 9.97 Å². The average Bonchev–Trinajstić information content (AvgIpc) is 2.30. The Bertz CT molecular complexity index is 382. The number of hydrogen-bond donors (Lipinski definition) is 1. The number of anilines is 1. The molecule has 1 fully saturated rings. The summed E-state index contributed by atoms with van der Waals surface area (Å²) in [5, 5.41) is 9.19. The zero-order valence-corrected chi connectivity index (χ0v) is 9.26. The monoisotopic (exact) mass is 221 g/mol. The van der Waals surface area contributed by atoms with E-state index in [0.717, 1.165) is 13.0 Å². The van der Waals surface area contributed by atoms with Crippen LogP contribution in [0.25, 0.3) is 0 Å². The van der Waals surface area contributed by atoms with E-state index >= 15 is 0 Å². The first-order valence-corrected chi connectivity index (χ1v) is 5.37. The summed E-state index contributed by atoms with van der Waals surface area (Å²) in [6.45, 7) is 3.09. The van der Waals surface area contributed by atoms with E-state index in [1.165, 1.54) is 0 Å². The molecule has 5 nitrogen and oxygen atoms in total. The second kappa shape index (κ2) is 4.08. The van der Waals surface area contributed by atoms with Crippen molar-refractivity contribution >= 4 is 11.9 Å². The molecule has 0 amide bonds. The second-order valence-corrected chi connectivity index (χ2v) is 4.44. The van der Waals surface area contributed by atoms with Crippen molar-refractivity contribution in [3.05, 3.63) is 18.5 Å². The van der Waals surface area contributed by atoms with Crippen molar-refractivity contribution in [2.24, 2.45) is 5.41 Å². The summed E-state index contributed by atoms with van der Waals surface area (Å²) in [5.74, 6) is -0.122. The summed E-state index contributed by atoms with van der Waals surface area (Å²) >= 11 is 0. The Balaban J connectivity index is 2.17. The number of nitrogens with zero attached hydrogens (tertiary/aromatic N) is 3. The Labute approximate surface area is 94.1 Å². The van der Waals surface area contributed by atoms with Gasteiger partial charge < -0.3 is 10.0 Å². The minimum Gasteiger partial charge on any atom is -0.481 e.